The highest BCUT2D eigenvalue weighted by atomic mass is 16.4. The van der Waals surface area contributed by atoms with Crippen molar-refractivity contribution in [1.82, 2.24) is 20.1 Å². The van der Waals surface area contributed by atoms with E-state index in [1.165, 1.54) is 0 Å². The van der Waals surface area contributed by atoms with Gasteiger partial charge >= 0.3 is 5.97 Å². The standard InChI is InChI=1S/C14H18N4O2/c1-18-10-16-17-13(18)7-8-15-9-12(14(19)20)11-5-3-2-4-6-11/h2-6,10,12,15H,7-9H2,1H3,(H,19,20). The molecule has 20 heavy (non-hydrogen) atoms. The number of hydrogen-bond donors (Lipinski definition) is 2. The number of benzene rings is 1. The molecule has 0 aliphatic rings. The van der Waals surface area contributed by atoms with Crippen LogP contribution in [0.5, 0.6) is 0 Å². The number of hydrogen-bond acceptors (Lipinski definition) is 4. The van der Waals surface area contributed by atoms with Crippen molar-refractivity contribution in [3.05, 3.63) is 48.0 Å². The molecule has 6 nitrogen and oxygen atoms in total. The Kier molecular flexibility index (Phi) is 4.84. The smallest absolute Gasteiger partial charge is 0.312 e. The molecule has 1 heterocycles. The van der Waals surface area contributed by atoms with Crippen LogP contribution < -0.4 is 5.32 Å². The van der Waals surface area contributed by atoms with E-state index in [-0.39, 0.29) is 0 Å². The maximum Gasteiger partial charge on any atom is 0.312 e. The molecule has 0 amide bonds. The van der Waals surface area contributed by atoms with Gasteiger partial charge in [0.05, 0.1) is 5.92 Å². The van der Waals surface area contributed by atoms with Crippen LogP contribution in [-0.2, 0) is 18.3 Å². The number of aryl methyl sites for hydroxylation is 1. The summed E-state index contributed by atoms with van der Waals surface area (Å²) in [4.78, 5) is 11.3. The zero-order valence-electron chi connectivity index (χ0n) is 11.4. The Morgan fingerprint density at radius 2 is 2.15 bits per heavy atom. The monoisotopic (exact) mass is 274 g/mol. The van der Waals surface area contributed by atoms with Gasteiger partial charge in [-0.15, -0.1) is 10.2 Å². The summed E-state index contributed by atoms with van der Waals surface area (Å²) in [5.74, 6) is -0.470. The van der Waals surface area contributed by atoms with Gasteiger partial charge in [-0.25, -0.2) is 0 Å². The van der Waals surface area contributed by atoms with E-state index in [4.69, 9.17) is 0 Å². The van der Waals surface area contributed by atoms with Crippen molar-refractivity contribution in [2.24, 2.45) is 7.05 Å². The third-order valence-electron chi connectivity index (χ3n) is 3.18. The molecule has 106 valence electrons. The normalized spacial score (nSPS) is 12.2. The maximum atomic E-state index is 11.3. The third-order valence-corrected chi connectivity index (χ3v) is 3.18. The molecule has 0 spiro atoms. The lowest BCUT2D eigenvalue weighted by Gasteiger charge is -2.13. The first-order valence-electron chi connectivity index (χ1n) is 6.50. The van der Waals surface area contributed by atoms with Crippen LogP contribution in [0.25, 0.3) is 0 Å². The number of carbonyl (C=O) groups is 1. The Morgan fingerprint density at radius 1 is 1.40 bits per heavy atom. The third kappa shape index (κ3) is 3.64. The fraction of sp³-hybridized carbons (Fsp3) is 0.357. The van der Waals surface area contributed by atoms with Crippen molar-refractivity contribution >= 4 is 5.97 Å². The van der Waals surface area contributed by atoms with Gasteiger partial charge in [-0.3, -0.25) is 4.79 Å². The predicted molar refractivity (Wildman–Crippen MR) is 74.4 cm³/mol. The van der Waals surface area contributed by atoms with E-state index in [0.717, 1.165) is 17.8 Å². The lowest BCUT2D eigenvalue weighted by atomic mass is 9.99. The fourth-order valence-corrected chi connectivity index (χ4v) is 2.01. The van der Waals surface area contributed by atoms with E-state index in [1.54, 1.807) is 6.33 Å². The number of carboxylic acids is 1. The summed E-state index contributed by atoms with van der Waals surface area (Å²) in [7, 11) is 1.89. The molecular weight excluding hydrogens is 256 g/mol. The number of rotatable bonds is 7. The average molecular weight is 274 g/mol. The molecule has 6 heteroatoms. The number of aliphatic carboxylic acids is 1. The van der Waals surface area contributed by atoms with E-state index in [1.807, 2.05) is 41.9 Å². The first kappa shape index (κ1) is 14.2. The largest absolute Gasteiger partial charge is 0.481 e. The molecule has 0 fully saturated rings. The van der Waals surface area contributed by atoms with Crippen molar-refractivity contribution in [1.29, 1.82) is 0 Å². The van der Waals surface area contributed by atoms with Crippen molar-refractivity contribution in [2.45, 2.75) is 12.3 Å². The molecule has 1 unspecified atom stereocenters. The lowest BCUT2D eigenvalue weighted by Crippen LogP contribution is -2.28. The van der Waals surface area contributed by atoms with Crippen LogP contribution in [0.4, 0.5) is 0 Å². The van der Waals surface area contributed by atoms with Crippen molar-refractivity contribution in [3.63, 3.8) is 0 Å². The highest BCUT2D eigenvalue weighted by Gasteiger charge is 2.18. The molecule has 1 aromatic heterocycles. The van der Waals surface area contributed by atoms with Crippen molar-refractivity contribution < 1.29 is 9.90 Å². The van der Waals surface area contributed by atoms with Crippen LogP contribution in [-0.4, -0.2) is 38.9 Å². The van der Waals surface area contributed by atoms with Gasteiger partial charge in [-0.05, 0) is 5.56 Å². The Morgan fingerprint density at radius 3 is 2.75 bits per heavy atom. The Balaban J connectivity index is 1.85. The van der Waals surface area contributed by atoms with Crippen LogP contribution in [0, 0.1) is 0 Å². The molecule has 1 atom stereocenters. The van der Waals surface area contributed by atoms with E-state index in [2.05, 4.69) is 15.5 Å². The van der Waals surface area contributed by atoms with Gasteiger partial charge in [0.2, 0.25) is 0 Å². The molecule has 0 saturated heterocycles. The van der Waals surface area contributed by atoms with E-state index < -0.39 is 11.9 Å². The van der Waals surface area contributed by atoms with E-state index in [9.17, 15) is 9.90 Å². The lowest BCUT2D eigenvalue weighted by molar-refractivity contribution is -0.138. The summed E-state index contributed by atoms with van der Waals surface area (Å²) >= 11 is 0. The maximum absolute atomic E-state index is 11.3. The second kappa shape index (κ2) is 6.81. The number of nitrogens with zero attached hydrogens (tertiary/aromatic N) is 3. The van der Waals surface area contributed by atoms with Gasteiger partial charge < -0.3 is 15.0 Å². The highest BCUT2D eigenvalue weighted by Crippen LogP contribution is 2.14. The fourth-order valence-electron chi connectivity index (χ4n) is 2.01. The topological polar surface area (TPSA) is 80.0 Å². The van der Waals surface area contributed by atoms with Gasteiger partial charge in [0.15, 0.2) is 0 Å². The molecule has 1 aromatic carbocycles. The van der Waals surface area contributed by atoms with Gasteiger partial charge in [0.1, 0.15) is 12.2 Å². The van der Waals surface area contributed by atoms with Gasteiger partial charge in [0.25, 0.3) is 0 Å². The van der Waals surface area contributed by atoms with Crippen molar-refractivity contribution in [2.75, 3.05) is 13.1 Å². The first-order chi connectivity index (χ1) is 9.68. The Labute approximate surface area is 117 Å². The highest BCUT2D eigenvalue weighted by molar-refractivity contribution is 5.76. The van der Waals surface area contributed by atoms with Crippen molar-refractivity contribution in [3.8, 4) is 0 Å². The molecule has 0 aliphatic heterocycles. The minimum atomic E-state index is -0.817. The minimum absolute atomic E-state index is 0.400. The molecular formula is C14H18N4O2. The molecule has 2 rings (SSSR count). The van der Waals surface area contributed by atoms with Crippen LogP contribution in [0.1, 0.15) is 17.3 Å². The SMILES string of the molecule is Cn1cnnc1CCNCC(C(=O)O)c1ccccc1. The molecule has 0 aliphatic carbocycles. The first-order valence-corrected chi connectivity index (χ1v) is 6.50. The number of nitrogens with one attached hydrogen (secondary N) is 1. The summed E-state index contributed by atoms with van der Waals surface area (Å²) in [6.45, 7) is 1.07. The number of aromatic nitrogens is 3. The predicted octanol–water partition coefficient (Wildman–Crippen LogP) is 0.816. The second-order valence-corrected chi connectivity index (χ2v) is 4.61. The second-order valence-electron chi connectivity index (χ2n) is 4.61. The van der Waals surface area contributed by atoms with Crippen LogP contribution in [0.2, 0.25) is 0 Å². The molecule has 2 N–H and O–H groups in total. The van der Waals surface area contributed by atoms with Crippen LogP contribution >= 0.6 is 0 Å². The summed E-state index contributed by atoms with van der Waals surface area (Å²) in [6.07, 6.45) is 2.37. The van der Waals surface area contributed by atoms with E-state index in [0.29, 0.717) is 13.1 Å². The molecule has 2 aromatic rings. The Bertz CT molecular complexity index is 553. The molecule has 0 radical (unpaired) electrons. The summed E-state index contributed by atoms with van der Waals surface area (Å²) in [6, 6.07) is 9.26. The minimum Gasteiger partial charge on any atom is -0.481 e. The van der Waals surface area contributed by atoms with Gasteiger partial charge in [-0.2, -0.15) is 0 Å². The van der Waals surface area contributed by atoms with Gasteiger partial charge in [0, 0.05) is 26.6 Å². The summed E-state index contributed by atoms with van der Waals surface area (Å²) < 4.78 is 1.85. The molecule has 0 saturated carbocycles. The Hall–Kier alpha value is -2.21. The quantitative estimate of drug-likeness (QED) is 0.731. The average Bonchev–Trinajstić information content (AvgIpc) is 2.85. The molecule has 0 bridgehead atoms. The van der Waals surface area contributed by atoms with Gasteiger partial charge in [-0.1, -0.05) is 30.3 Å². The van der Waals surface area contributed by atoms with Crippen LogP contribution in [0.3, 0.4) is 0 Å². The zero-order chi connectivity index (χ0) is 14.4. The zero-order valence-corrected chi connectivity index (χ0v) is 11.4. The number of carboxylic acid groups (broad SMARTS) is 1. The summed E-state index contributed by atoms with van der Waals surface area (Å²) in [5.41, 5.74) is 0.811. The van der Waals surface area contributed by atoms with E-state index >= 15 is 0 Å². The van der Waals surface area contributed by atoms with Crippen LogP contribution in [0.15, 0.2) is 36.7 Å². The summed E-state index contributed by atoms with van der Waals surface area (Å²) in [5, 5.41) is 20.2.